The van der Waals surface area contributed by atoms with Crippen LogP contribution < -0.4 is 0 Å². The van der Waals surface area contributed by atoms with Gasteiger partial charge in [-0.2, -0.15) is 0 Å². The SMILES string of the molecule is COCCCN(CC(=O)N(Cc1ccc(F)cc1)Cc1cccs1)C(=O)CC(C)CC(C)(C)C. The van der Waals surface area contributed by atoms with Crippen molar-refractivity contribution >= 4 is 23.2 Å². The summed E-state index contributed by atoms with van der Waals surface area (Å²) in [5.41, 5.74) is 0.991. The standard InChI is InChI=1S/C27H39FN2O3S/c1-21(17-27(2,3)4)16-25(31)29(13-7-14-33-5)20-26(32)30(19-24-8-6-15-34-24)18-22-9-11-23(28)12-10-22/h6,8-12,15,21H,7,13-14,16-20H2,1-5H3. The van der Waals surface area contributed by atoms with Gasteiger partial charge >= 0.3 is 0 Å². The predicted octanol–water partition coefficient (Wildman–Crippen LogP) is 5.74. The van der Waals surface area contributed by atoms with Crippen molar-refractivity contribution in [2.75, 3.05) is 26.8 Å². The lowest BCUT2D eigenvalue weighted by Crippen LogP contribution is -2.43. The van der Waals surface area contributed by atoms with Crippen LogP contribution in [0.4, 0.5) is 4.39 Å². The van der Waals surface area contributed by atoms with E-state index in [9.17, 15) is 14.0 Å². The van der Waals surface area contributed by atoms with E-state index in [0.29, 0.717) is 39.1 Å². The van der Waals surface area contributed by atoms with Gasteiger partial charge in [-0.3, -0.25) is 9.59 Å². The fourth-order valence-corrected chi connectivity index (χ4v) is 4.85. The topological polar surface area (TPSA) is 49.9 Å². The molecule has 0 bridgehead atoms. The molecule has 0 spiro atoms. The lowest BCUT2D eigenvalue weighted by molar-refractivity contribution is -0.142. The maximum Gasteiger partial charge on any atom is 0.242 e. The third kappa shape index (κ3) is 10.3. The van der Waals surface area contributed by atoms with Crippen molar-refractivity contribution in [1.29, 1.82) is 0 Å². The summed E-state index contributed by atoms with van der Waals surface area (Å²) in [6.45, 7) is 10.5. The average molecular weight is 491 g/mol. The van der Waals surface area contributed by atoms with E-state index in [0.717, 1.165) is 16.9 Å². The maximum atomic E-state index is 13.4. The van der Waals surface area contributed by atoms with Crippen molar-refractivity contribution < 1.29 is 18.7 Å². The zero-order chi connectivity index (χ0) is 25.1. The molecule has 1 aromatic carbocycles. The van der Waals surface area contributed by atoms with E-state index < -0.39 is 0 Å². The fourth-order valence-electron chi connectivity index (χ4n) is 4.13. The molecule has 0 saturated heterocycles. The third-order valence-electron chi connectivity index (χ3n) is 5.51. The number of benzene rings is 1. The van der Waals surface area contributed by atoms with Gasteiger partial charge in [0.2, 0.25) is 11.8 Å². The molecule has 0 aliphatic rings. The van der Waals surface area contributed by atoms with E-state index in [1.54, 1.807) is 40.4 Å². The minimum atomic E-state index is -0.306. The number of carbonyl (C=O) groups excluding carboxylic acids is 2. The van der Waals surface area contributed by atoms with Crippen molar-refractivity contribution in [2.45, 2.75) is 60.0 Å². The van der Waals surface area contributed by atoms with Crippen LogP contribution >= 0.6 is 11.3 Å². The van der Waals surface area contributed by atoms with Crippen molar-refractivity contribution in [3.63, 3.8) is 0 Å². The zero-order valence-corrected chi connectivity index (χ0v) is 22.0. The summed E-state index contributed by atoms with van der Waals surface area (Å²) in [6, 6.07) is 10.1. The highest BCUT2D eigenvalue weighted by atomic mass is 32.1. The van der Waals surface area contributed by atoms with Crippen molar-refractivity contribution in [1.82, 2.24) is 9.80 Å². The van der Waals surface area contributed by atoms with Crippen LogP contribution in [-0.2, 0) is 27.4 Å². The number of nitrogens with zero attached hydrogens (tertiary/aromatic N) is 2. The van der Waals surface area contributed by atoms with E-state index in [-0.39, 0.29) is 35.5 Å². The third-order valence-corrected chi connectivity index (χ3v) is 6.37. The second-order valence-electron chi connectivity index (χ2n) is 10.2. The van der Waals surface area contributed by atoms with E-state index in [1.165, 1.54) is 12.1 Å². The van der Waals surface area contributed by atoms with Crippen molar-refractivity contribution in [3.8, 4) is 0 Å². The normalized spacial score (nSPS) is 12.4. The molecule has 0 aliphatic heterocycles. The predicted molar refractivity (Wildman–Crippen MR) is 136 cm³/mol. The van der Waals surface area contributed by atoms with Gasteiger partial charge in [-0.05, 0) is 53.3 Å². The Morgan fingerprint density at radius 1 is 1.06 bits per heavy atom. The Hall–Kier alpha value is -2.25. The first-order chi connectivity index (χ1) is 16.1. The molecule has 2 rings (SSSR count). The number of halogens is 1. The second kappa shape index (κ2) is 13.6. The van der Waals surface area contributed by atoms with Crippen LogP contribution in [-0.4, -0.2) is 48.4 Å². The first-order valence-electron chi connectivity index (χ1n) is 11.9. The molecule has 0 fully saturated rings. The lowest BCUT2D eigenvalue weighted by atomic mass is 9.84. The van der Waals surface area contributed by atoms with Crippen molar-refractivity contribution in [2.24, 2.45) is 11.3 Å². The molecule has 5 nitrogen and oxygen atoms in total. The second-order valence-corrected chi connectivity index (χ2v) is 11.2. The first-order valence-corrected chi connectivity index (χ1v) is 12.8. The molecule has 0 radical (unpaired) electrons. The van der Waals surface area contributed by atoms with Gasteiger partial charge in [0.15, 0.2) is 0 Å². The van der Waals surface area contributed by atoms with Crippen LogP contribution in [0.15, 0.2) is 41.8 Å². The number of ether oxygens (including phenoxy) is 1. The summed E-state index contributed by atoms with van der Waals surface area (Å²) in [5.74, 6) is -0.195. The number of carbonyl (C=O) groups is 2. The Balaban J connectivity index is 2.13. The van der Waals surface area contributed by atoms with E-state index in [1.807, 2.05) is 17.5 Å². The summed E-state index contributed by atoms with van der Waals surface area (Å²) in [4.78, 5) is 31.1. The number of methoxy groups -OCH3 is 1. The number of thiophene rings is 1. The Labute approximate surface area is 207 Å². The highest BCUT2D eigenvalue weighted by molar-refractivity contribution is 7.09. The largest absolute Gasteiger partial charge is 0.385 e. The number of amides is 2. The maximum absolute atomic E-state index is 13.4. The smallest absolute Gasteiger partial charge is 0.242 e. The molecule has 1 aromatic heterocycles. The number of hydrogen-bond donors (Lipinski definition) is 0. The van der Waals surface area contributed by atoms with Gasteiger partial charge in [0.1, 0.15) is 5.82 Å². The van der Waals surface area contributed by atoms with Gasteiger partial charge in [0.05, 0.1) is 13.1 Å². The monoisotopic (exact) mass is 490 g/mol. The molecular weight excluding hydrogens is 451 g/mol. The Morgan fingerprint density at radius 2 is 1.76 bits per heavy atom. The highest BCUT2D eigenvalue weighted by Gasteiger charge is 2.25. The summed E-state index contributed by atoms with van der Waals surface area (Å²) in [6.07, 6.45) is 2.03. The quantitative estimate of drug-likeness (QED) is 0.336. The van der Waals surface area contributed by atoms with Gasteiger partial charge in [0.25, 0.3) is 0 Å². The zero-order valence-electron chi connectivity index (χ0n) is 21.2. The van der Waals surface area contributed by atoms with Crippen LogP contribution in [0.5, 0.6) is 0 Å². The molecule has 34 heavy (non-hydrogen) atoms. The molecular formula is C27H39FN2O3S. The van der Waals surface area contributed by atoms with Crippen LogP contribution in [0.2, 0.25) is 0 Å². The summed E-state index contributed by atoms with van der Waals surface area (Å²) in [7, 11) is 1.63. The van der Waals surface area contributed by atoms with Gasteiger partial charge < -0.3 is 14.5 Å². The number of rotatable bonds is 13. The molecule has 188 valence electrons. The van der Waals surface area contributed by atoms with E-state index >= 15 is 0 Å². The molecule has 2 amide bonds. The van der Waals surface area contributed by atoms with Crippen molar-refractivity contribution in [3.05, 3.63) is 58.0 Å². The van der Waals surface area contributed by atoms with Gasteiger partial charge in [-0.1, -0.05) is 45.9 Å². The van der Waals surface area contributed by atoms with Crippen LogP contribution in [0, 0.1) is 17.2 Å². The first kappa shape index (κ1) is 28.0. The molecule has 1 atom stereocenters. The highest BCUT2D eigenvalue weighted by Crippen LogP contribution is 2.26. The van der Waals surface area contributed by atoms with Gasteiger partial charge in [-0.25, -0.2) is 4.39 Å². The minimum absolute atomic E-state index is 0.000871. The minimum Gasteiger partial charge on any atom is -0.385 e. The summed E-state index contributed by atoms with van der Waals surface area (Å²) < 4.78 is 18.5. The van der Waals surface area contributed by atoms with Gasteiger partial charge in [0, 0.05) is 38.1 Å². The molecule has 2 aromatic rings. The van der Waals surface area contributed by atoms with Crippen LogP contribution in [0.25, 0.3) is 0 Å². The lowest BCUT2D eigenvalue weighted by Gasteiger charge is -2.29. The number of hydrogen-bond acceptors (Lipinski definition) is 4. The molecule has 0 N–H and O–H groups in total. The Kier molecular flexibility index (Phi) is 11.2. The molecule has 7 heteroatoms. The molecule has 1 heterocycles. The van der Waals surface area contributed by atoms with E-state index in [2.05, 4.69) is 27.7 Å². The van der Waals surface area contributed by atoms with Crippen LogP contribution in [0.3, 0.4) is 0 Å². The summed E-state index contributed by atoms with van der Waals surface area (Å²) >= 11 is 1.59. The van der Waals surface area contributed by atoms with Gasteiger partial charge in [-0.15, -0.1) is 11.3 Å². The fraction of sp³-hybridized carbons (Fsp3) is 0.556. The molecule has 0 saturated carbocycles. The molecule has 1 unspecified atom stereocenters. The summed E-state index contributed by atoms with van der Waals surface area (Å²) in [5, 5.41) is 1.98. The molecule has 0 aliphatic carbocycles. The van der Waals surface area contributed by atoms with Crippen LogP contribution in [0.1, 0.15) is 57.4 Å². The average Bonchev–Trinajstić information content (AvgIpc) is 3.26. The Bertz CT molecular complexity index is 878. The van der Waals surface area contributed by atoms with E-state index in [4.69, 9.17) is 4.74 Å². The Morgan fingerprint density at radius 3 is 2.35 bits per heavy atom.